The molecule has 0 aliphatic carbocycles. The van der Waals surface area contributed by atoms with E-state index < -0.39 is 0 Å². The van der Waals surface area contributed by atoms with Crippen molar-refractivity contribution in [3.63, 3.8) is 0 Å². The Labute approximate surface area is 80.8 Å². The lowest BCUT2D eigenvalue weighted by atomic mass is 10.1. The zero-order chi connectivity index (χ0) is 9.97. The van der Waals surface area contributed by atoms with E-state index >= 15 is 0 Å². The molecule has 0 spiro atoms. The third-order valence-electron chi connectivity index (χ3n) is 2.07. The highest BCUT2D eigenvalue weighted by Crippen LogP contribution is 2.17. The van der Waals surface area contributed by atoms with Crippen molar-refractivity contribution in [2.24, 2.45) is 5.73 Å². The van der Waals surface area contributed by atoms with Crippen LogP contribution in [0.15, 0.2) is 35.1 Å². The van der Waals surface area contributed by atoms with Crippen molar-refractivity contribution in [2.75, 3.05) is 0 Å². The third-order valence-corrected chi connectivity index (χ3v) is 2.07. The lowest BCUT2D eigenvalue weighted by Crippen LogP contribution is -2.03. The Morgan fingerprint density at radius 2 is 1.86 bits per heavy atom. The van der Waals surface area contributed by atoms with Crippen LogP contribution in [-0.2, 0) is 6.54 Å². The highest BCUT2D eigenvalue weighted by molar-refractivity contribution is 5.61. The van der Waals surface area contributed by atoms with Gasteiger partial charge in [0.1, 0.15) is 0 Å². The van der Waals surface area contributed by atoms with Gasteiger partial charge in [0.05, 0.1) is 11.4 Å². The lowest BCUT2D eigenvalue weighted by molar-refractivity contribution is 1.00. The fourth-order valence-corrected chi connectivity index (χ4v) is 1.42. The highest BCUT2D eigenvalue weighted by atomic mass is 16.1. The van der Waals surface area contributed by atoms with Crippen molar-refractivity contribution in [1.82, 2.24) is 9.97 Å². The van der Waals surface area contributed by atoms with E-state index in [0.717, 1.165) is 17.0 Å². The molecule has 0 fully saturated rings. The number of hydrogen-bond acceptors (Lipinski definition) is 2. The van der Waals surface area contributed by atoms with Crippen LogP contribution in [0.2, 0.25) is 0 Å². The predicted molar refractivity (Wildman–Crippen MR) is 54.7 cm³/mol. The van der Waals surface area contributed by atoms with Gasteiger partial charge in [-0.05, 0) is 5.56 Å². The molecular weight excluding hydrogens is 178 g/mol. The molecule has 0 amide bonds. The van der Waals surface area contributed by atoms with Gasteiger partial charge >= 0.3 is 5.69 Å². The average Bonchev–Trinajstić information content (AvgIpc) is 2.61. The fourth-order valence-electron chi connectivity index (χ4n) is 1.42. The number of nitrogens with two attached hydrogens (primary N) is 1. The topological polar surface area (TPSA) is 74.7 Å². The van der Waals surface area contributed by atoms with Gasteiger partial charge < -0.3 is 15.7 Å². The fraction of sp³-hybridized carbons (Fsp3) is 0.100. The molecular formula is C10H11N3O. The number of rotatable bonds is 2. The summed E-state index contributed by atoms with van der Waals surface area (Å²) in [5.41, 5.74) is 7.77. The van der Waals surface area contributed by atoms with Gasteiger partial charge in [-0.15, -0.1) is 0 Å². The first kappa shape index (κ1) is 8.77. The van der Waals surface area contributed by atoms with Crippen molar-refractivity contribution >= 4 is 0 Å². The number of H-pyrrole nitrogens is 2. The second-order valence-corrected chi connectivity index (χ2v) is 3.00. The Balaban J connectivity index is 2.56. The van der Waals surface area contributed by atoms with Gasteiger partial charge in [0.2, 0.25) is 0 Å². The minimum absolute atomic E-state index is 0.218. The van der Waals surface area contributed by atoms with Crippen LogP contribution in [-0.4, -0.2) is 9.97 Å². The van der Waals surface area contributed by atoms with E-state index in [2.05, 4.69) is 9.97 Å². The number of aromatic nitrogens is 2. The monoisotopic (exact) mass is 189 g/mol. The molecule has 1 aromatic heterocycles. The summed E-state index contributed by atoms with van der Waals surface area (Å²) in [5, 5.41) is 0. The molecule has 0 saturated heterocycles. The summed E-state index contributed by atoms with van der Waals surface area (Å²) in [6.45, 7) is 0.322. The SMILES string of the molecule is NCc1[nH]c(=O)[nH]c1-c1ccccc1. The molecule has 4 N–H and O–H groups in total. The second kappa shape index (κ2) is 3.51. The zero-order valence-electron chi connectivity index (χ0n) is 7.58. The molecule has 0 radical (unpaired) electrons. The maximum atomic E-state index is 11.1. The molecule has 0 aliphatic heterocycles. The minimum Gasteiger partial charge on any atom is -0.325 e. The smallest absolute Gasteiger partial charge is 0.323 e. The Morgan fingerprint density at radius 3 is 2.50 bits per heavy atom. The normalized spacial score (nSPS) is 10.4. The molecule has 0 bridgehead atoms. The van der Waals surface area contributed by atoms with Gasteiger partial charge in [-0.25, -0.2) is 4.79 Å². The van der Waals surface area contributed by atoms with Crippen LogP contribution in [0.5, 0.6) is 0 Å². The van der Waals surface area contributed by atoms with Crippen LogP contribution in [0, 0.1) is 0 Å². The standard InChI is InChI=1S/C10H11N3O/c11-6-8-9(13-10(14)12-8)7-4-2-1-3-5-7/h1-5H,6,11H2,(H2,12,13,14). The van der Waals surface area contributed by atoms with Crippen LogP contribution in [0.4, 0.5) is 0 Å². The molecule has 2 aromatic rings. The van der Waals surface area contributed by atoms with Gasteiger partial charge in [0.15, 0.2) is 0 Å². The Bertz CT molecular complexity index is 470. The largest absolute Gasteiger partial charge is 0.325 e. The molecule has 0 atom stereocenters. The summed E-state index contributed by atoms with van der Waals surface area (Å²) in [5.74, 6) is 0. The van der Waals surface area contributed by atoms with Gasteiger partial charge in [-0.1, -0.05) is 30.3 Å². The van der Waals surface area contributed by atoms with Crippen molar-refractivity contribution in [2.45, 2.75) is 6.54 Å². The van der Waals surface area contributed by atoms with Gasteiger partial charge in [0.25, 0.3) is 0 Å². The van der Waals surface area contributed by atoms with Gasteiger partial charge in [-0.3, -0.25) is 0 Å². The van der Waals surface area contributed by atoms with E-state index in [1.165, 1.54) is 0 Å². The van der Waals surface area contributed by atoms with Crippen LogP contribution >= 0.6 is 0 Å². The number of benzene rings is 1. The summed E-state index contributed by atoms with van der Waals surface area (Å²) >= 11 is 0. The molecule has 2 rings (SSSR count). The van der Waals surface area contributed by atoms with Crippen molar-refractivity contribution in [3.05, 3.63) is 46.5 Å². The Morgan fingerprint density at radius 1 is 1.14 bits per heavy atom. The van der Waals surface area contributed by atoms with E-state index in [-0.39, 0.29) is 5.69 Å². The number of hydrogen-bond donors (Lipinski definition) is 3. The van der Waals surface area contributed by atoms with E-state index in [1.54, 1.807) is 0 Å². The van der Waals surface area contributed by atoms with Crippen molar-refractivity contribution in [1.29, 1.82) is 0 Å². The second-order valence-electron chi connectivity index (χ2n) is 3.00. The van der Waals surface area contributed by atoms with Gasteiger partial charge in [-0.2, -0.15) is 0 Å². The first-order chi connectivity index (χ1) is 6.81. The molecule has 0 unspecified atom stereocenters. The summed E-state index contributed by atoms with van der Waals surface area (Å²) < 4.78 is 0. The zero-order valence-corrected chi connectivity index (χ0v) is 7.58. The molecule has 14 heavy (non-hydrogen) atoms. The van der Waals surface area contributed by atoms with Crippen LogP contribution in [0.25, 0.3) is 11.3 Å². The number of aromatic amines is 2. The first-order valence-electron chi connectivity index (χ1n) is 4.38. The highest BCUT2D eigenvalue weighted by Gasteiger charge is 2.06. The van der Waals surface area contributed by atoms with Gasteiger partial charge in [0, 0.05) is 6.54 Å². The predicted octanol–water partition coefficient (Wildman–Crippen LogP) is 0.829. The molecule has 0 aliphatic rings. The van der Waals surface area contributed by atoms with E-state index in [4.69, 9.17) is 5.73 Å². The summed E-state index contributed by atoms with van der Waals surface area (Å²) in [4.78, 5) is 16.5. The van der Waals surface area contributed by atoms with E-state index in [9.17, 15) is 4.79 Å². The molecule has 4 heteroatoms. The molecule has 72 valence electrons. The number of nitrogens with one attached hydrogen (secondary N) is 2. The molecule has 0 saturated carbocycles. The number of imidazole rings is 1. The van der Waals surface area contributed by atoms with E-state index in [1.807, 2.05) is 30.3 Å². The van der Waals surface area contributed by atoms with Crippen molar-refractivity contribution in [3.8, 4) is 11.3 Å². The van der Waals surface area contributed by atoms with Crippen LogP contribution in [0.3, 0.4) is 0 Å². The maximum absolute atomic E-state index is 11.1. The molecule has 4 nitrogen and oxygen atoms in total. The van der Waals surface area contributed by atoms with Crippen molar-refractivity contribution < 1.29 is 0 Å². The summed E-state index contributed by atoms with van der Waals surface area (Å²) in [7, 11) is 0. The van der Waals surface area contributed by atoms with Crippen LogP contribution in [0.1, 0.15) is 5.69 Å². The summed E-state index contributed by atoms with van der Waals surface area (Å²) in [6, 6.07) is 9.62. The first-order valence-corrected chi connectivity index (χ1v) is 4.38. The van der Waals surface area contributed by atoms with Crippen LogP contribution < -0.4 is 11.4 Å². The van der Waals surface area contributed by atoms with E-state index in [0.29, 0.717) is 6.54 Å². The quantitative estimate of drug-likeness (QED) is 0.654. The molecule has 1 heterocycles. The minimum atomic E-state index is -0.218. The maximum Gasteiger partial charge on any atom is 0.323 e. The Hall–Kier alpha value is -1.81. The summed E-state index contributed by atoms with van der Waals surface area (Å²) in [6.07, 6.45) is 0. The Kier molecular flexibility index (Phi) is 2.20. The third kappa shape index (κ3) is 1.47. The average molecular weight is 189 g/mol. The molecule has 1 aromatic carbocycles. The lowest BCUT2D eigenvalue weighted by Gasteiger charge is -1.99.